The Morgan fingerprint density at radius 2 is 1.95 bits per heavy atom. The standard InChI is InChI=1S/C14H12BrNO5S/c15-10-3-1-2-4-11(10)16-13(17)8-22(20)7-9-5-6-12(21-9)14(18)19/h1-6H,7-8H2,(H,16,17)(H,18,19). The number of hydrogen-bond donors (Lipinski definition) is 2. The van der Waals surface area contributed by atoms with E-state index in [0.717, 1.165) is 4.47 Å². The van der Waals surface area contributed by atoms with Gasteiger partial charge in [-0.1, -0.05) is 12.1 Å². The second-order valence-electron chi connectivity index (χ2n) is 4.33. The Hall–Kier alpha value is -1.93. The highest BCUT2D eigenvalue weighted by molar-refractivity contribution is 9.10. The van der Waals surface area contributed by atoms with E-state index in [4.69, 9.17) is 9.52 Å². The van der Waals surface area contributed by atoms with E-state index in [0.29, 0.717) is 5.69 Å². The van der Waals surface area contributed by atoms with E-state index in [9.17, 15) is 13.8 Å². The summed E-state index contributed by atoms with van der Waals surface area (Å²) in [6.45, 7) is 0. The number of hydrogen-bond acceptors (Lipinski definition) is 4. The fourth-order valence-corrected chi connectivity index (χ4v) is 3.00. The molecular formula is C14H12BrNO5S. The number of aromatic carboxylic acids is 1. The van der Waals surface area contributed by atoms with Gasteiger partial charge in [0.05, 0.1) is 11.4 Å². The van der Waals surface area contributed by atoms with Crippen LogP contribution < -0.4 is 5.32 Å². The number of carboxylic acid groups (broad SMARTS) is 1. The fourth-order valence-electron chi connectivity index (χ4n) is 1.68. The summed E-state index contributed by atoms with van der Waals surface area (Å²) in [5, 5.41) is 11.4. The van der Waals surface area contributed by atoms with Crippen molar-refractivity contribution in [3.05, 3.63) is 52.4 Å². The normalized spacial score (nSPS) is 11.9. The van der Waals surface area contributed by atoms with Gasteiger partial charge in [-0.25, -0.2) is 4.79 Å². The van der Waals surface area contributed by atoms with Crippen molar-refractivity contribution in [2.75, 3.05) is 11.1 Å². The Balaban J connectivity index is 1.90. The number of para-hydroxylation sites is 1. The van der Waals surface area contributed by atoms with Gasteiger partial charge in [-0.15, -0.1) is 0 Å². The molecule has 0 aliphatic carbocycles. The van der Waals surface area contributed by atoms with Crippen molar-refractivity contribution < 1.29 is 23.3 Å². The number of carboxylic acids is 1. The molecule has 0 fully saturated rings. The summed E-state index contributed by atoms with van der Waals surface area (Å²) in [4.78, 5) is 22.5. The average molecular weight is 386 g/mol. The first-order chi connectivity index (χ1) is 10.5. The molecule has 0 saturated heterocycles. The first-order valence-corrected chi connectivity index (χ1v) is 8.45. The van der Waals surface area contributed by atoms with Gasteiger partial charge in [0, 0.05) is 15.3 Å². The van der Waals surface area contributed by atoms with Crippen LogP contribution in [0.4, 0.5) is 5.69 Å². The molecule has 1 aromatic carbocycles. The van der Waals surface area contributed by atoms with Gasteiger partial charge >= 0.3 is 5.97 Å². The minimum absolute atomic E-state index is 0.0172. The molecule has 0 aliphatic heterocycles. The van der Waals surface area contributed by atoms with Crippen molar-refractivity contribution in [3.8, 4) is 0 Å². The molecule has 1 atom stereocenters. The van der Waals surface area contributed by atoms with Crippen LogP contribution in [-0.2, 0) is 21.3 Å². The van der Waals surface area contributed by atoms with Crippen molar-refractivity contribution in [3.63, 3.8) is 0 Å². The van der Waals surface area contributed by atoms with Crippen LogP contribution >= 0.6 is 15.9 Å². The third-order valence-corrected chi connectivity index (χ3v) is 4.50. The highest BCUT2D eigenvalue weighted by atomic mass is 79.9. The number of halogens is 1. The monoisotopic (exact) mass is 385 g/mol. The van der Waals surface area contributed by atoms with Crippen LogP contribution in [0.5, 0.6) is 0 Å². The summed E-state index contributed by atoms with van der Waals surface area (Å²) in [6.07, 6.45) is 0. The molecule has 116 valence electrons. The van der Waals surface area contributed by atoms with Crippen LogP contribution in [0, 0.1) is 0 Å². The number of furan rings is 1. The van der Waals surface area contributed by atoms with Crippen molar-refractivity contribution in [2.45, 2.75) is 5.75 Å². The fraction of sp³-hybridized carbons (Fsp3) is 0.143. The van der Waals surface area contributed by atoms with E-state index in [1.54, 1.807) is 18.2 Å². The summed E-state index contributed by atoms with van der Waals surface area (Å²) in [6, 6.07) is 9.81. The number of nitrogens with one attached hydrogen (secondary N) is 1. The maximum Gasteiger partial charge on any atom is 0.371 e. The lowest BCUT2D eigenvalue weighted by atomic mass is 10.3. The van der Waals surface area contributed by atoms with Crippen molar-refractivity contribution in [1.82, 2.24) is 0 Å². The molecule has 0 aliphatic rings. The minimum atomic E-state index is -1.50. The van der Waals surface area contributed by atoms with Gasteiger partial charge in [0.1, 0.15) is 11.5 Å². The minimum Gasteiger partial charge on any atom is -0.475 e. The van der Waals surface area contributed by atoms with E-state index in [1.165, 1.54) is 12.1 Å². The smallest absolute Gasteiger partial charge is 0.371 e. The average Bonchev–Trinajstić information content (AvgIpc) is 2.89. The highest BCUT2D eigenvalue weighted by Gasteiger charge is 2.14. The largest absolute Gasteiger partial charge is 0.475 e. The van der Waals surface area contributed by atoms with Crippen molar-refractivity contribution in [2.24, 2.45) is 0 Å². The molecule has 0 radical (unpaired) electrons. The lowest BCUT2D eigenvalue weighted by Crippen LogP contribution is -2.20. The zero-order valence-corrected chi connectivity index (χ0v) is 13.6. The van der Waals surface area contributed by atoms with Crippen LogP contribution in [-0.4, -0.2) is 26.9 Å². The molecule has 0 bridgehead atoms. The summed E-state index contributed by atoms with van der Waals surface area (Å²) < 4.78 is 17.6. The van der Waals surface area contributed by atoms with Crippen molar-refractivity contribution in [1.29, 1.82) is 0 Å². The van der Waals surface area contributed by atoms with E-state index >= 15 is 0 Å². The number of anilines is 1. The Bertz CT molecular complexity index is 728. The lowest BCUT2D eigenvalue weighted by Gasteiger charge is -2.06. The van der Waals surface area contributed by atoms with E-state index in [2.05, 4.69) is 21.2 Å². The van der Waals surface area contributed by atoms with Gasteiger partial charge in [0.2, 0.25) is 11.7 Å². The quantitative estimate of drug-likeness (QED) is 0.796. The summed E-state index contributed by atoms with van der Waals surface area (Å²) in [5.41, 5.74) is 0.593. The van der Waals surface area contributed by atoms with Crippen molar-refractivity contribution >= 4 is 44.3 Å². The zero-order valence-electron chi connectivity index (χ0n) is 11.2. The first kappa shape index (κ1) is 16.4. The van der Waals surface area contributed by atoms with Gasteiger partial charge in [0.15, 0.2) is 0 Å². The first-order valence-electron chi connectivity index (χ1n) is 6.17. The highest BCUT2D eigenvalue weighted by Crippen LogP contribution is 2.21. The molecule has 2 N–H and O–H groups in total. The van der Waals surface area contributed by atoms with Crippen LogP contribution in [0.25, 0.3) is 0 Å². The molecule has 0 spiro atoms. The molecule has 6 nitrogen and oxygen atoms in total. The Kier molecular flexibility index (Phi) is 5.51. The Labute approximate surface area is 137 Å². The Morgan fingerprint density at radius 1 is 1.23 bits per heavy atom. The molecule has 1 aromatic heterocycles. The number of carbonyl (C=O) groups excluding carboxylic acids is 1. The lowest BCUT2D eigenvalue weighted by molar-refractivity contribution is -0.113. The predicted octanol–water partition coefficient (Wildman–Crippen LogP) is 2.63. The van der Waals surface area contributed by atoms with Crippen LogP contribution in [0.1, 0.15) is 16.3 Å². The molecule has 2 aromatic rings. The van der Waals surface area contributed by atoms with Gasteiger partial charge in [-0.05, 0) is 40.2 Å². The third kappa shape index (κ3) is 4.54. The molecule has 22 heavy (non-hydrogen) atoms. The molecule has 0 saturated carbocycles. The van der Waals surface area contributed by atoms with Gasteiger partial charge in [-0.3, -0.25) is 9.00 Å². The number of benzene rings is 1. The van der Waals surface area contributed by atoms with E-state index in [1.807, 2.05) is 6.07 Å². The molecule has 2 rings (SSSR count). The van der Waals surface area contributed by atoms with Gasteiger partial charge in [-0.2, -0.15) is 0 Å². The third-order valence-electron chi connectivity index (χ3n) is 2.62. The van der Waals surface area contributed by atoms with E-state index < -0.39 is 22.7 Å². The van der Waals surface area contributed by atoms with Crippen LogP contribution in [0.2, 0.25) is 0 Å². The predicted molar refractivity (Wildman–Crippen MR) is 85.2 cm³/mol. The van der Waals surface area contributed by atoms with Gasteiger partial charge < -0.3 is 14.8 Å². The second-order valence-corrected chi connectivity index (χ2v) is 6.64. The summed E-state index contributed by atoms with van der Waals surface area (Å²) in [5.74, 6) is -1.76. The maximum atomic E-state index is 11.9. The second kappa shape index (κ2) is 7.37. The summed E-state index contributed by atoms with van der Waals surface area (Å²) in [7, 11) is -1.50. The molecular weight excluding hydrogens is 374 g/mol. The van der Waals surface area contributed by atoms with Crippen LogP contribution in [0.3, 0.4) is 0 Å². The number of carbonyl (C=O) groups is 2. The maximum absolute atomic E-state index is 11.9. The SMILES string of the molecule is O=C(CS(=O)Cc1ccc(C(=O)O)o1)Nc1ccccc1Br. The van der Waals surface area contributed by atoms with Gasteiger partial charge in [0.25, 0.3) is 0 Å². The number of rotatable bonds is 6. The molecule has 1 heterocycles. The van der Waals surface area contributed by atoms with Crippen LogP contribution in [0.15, 0.2) is 45.3 Å². The Morgan fingerprint density at radius 3 is 2.59 bits per heavy atom. The van der Waals surface area contributed by atoms with E-state index in [-0.39, 0.29) is 23.0 Å². The topological polar surface area (TPSA) is 96.6 Å². The summed E-state index contributed by atoms with van der Waals surface area (Å²) >= 11 is 3.30. The molecule has 1 unspecified atom stereocenters. The molecule has 1 amide bonds. The zero-order chi connectivity index (χ0) is 16.1. The number of amides is 1. The molecule has 8 heteroatoms.